The van der Waals surface area contributed by atoms with Crippen LogP contribution in [-0.4, -0.2) is 43.9 Å². The number of para-hydroxylation sites is 2. The molecular formula is C18H26N4O3. The van der Waals surface area contributed by atoms with E-state index in [9.17, 15) is 14.4 Å². The summed E-state index contributed by atoms with van der Waals surface area (Å²) in [6, 6.07) is 7.73. The fraction of sp³-hybridized carbons (Fsp3) is 0.500. The molecule has 2 rings (SSSR count). The third kappa shape index (κ3) is 6.45. The summed E-state index contributed by atoms with van der Waals surface area (Å²) in [6.07, 6.45) is 4.79. The van der Waals surface area contributed by atoms with Crippen molar-refractivity contribution in [1.29, 1.82) is 0 Å². The highest BCUT2D eigenvalue weighted by molar-refractivity contribution is 5.97. The summed E-state index contributed by atoms with van der Waals surface area (Å²) in [4.78, 5) is 36.7. The zero-order valence-corrected chi connectivity index (χ0v) is 14.6. The van der Waals surface area contributed by atoms with E-state index in [2.05, 4.69) is 20.9 Å². The Morgan fingerprint density at radius 3 is 2.24 bits per heavy atom. The van der Waals surface area contributed by atoms with Crippen LogP contribution in [0.5, 0.6) is 0 Å². The second-order valence-corrected chi connectivity index (χ2v) is 6.15. The summed E-state index contributed by atoms with van der Waals surface area (Å²) in [5.74, 6) is -0.976. The van der Waals surface area contributed by atoms with Crippen molar-refractivity contribution >= 4 is 29.1 Å². The Morgan fingerprint density at radius 1 is 0.920 bits per heavy atom. The summed E-state index contributed by atoms with van der Waals surface area (Å²) in [7, 11) is 0. The molecule has 7 nitrogen and oxygen atoms in total. The number of hydrogen-bond acceptors (Lipinski definition) is 4. The SMILES string of the molecule is CC(=O)NCC(=O)NCC(=O)Nc1ccccc1N1CCCCCC1. The van der Waals surface area contributed by atoms with E-state index in [1.807, 2.05) is 24.3 Å². The number of nitrogens with one attached hydrogen (secondary N) is 3. The van der Waals surface area contributed by atoms with Crippen LogP contribution >= 0.6 is 0 Å². The van der Waals surface area contributed by atoms with Gasteiger partial charge in [0.15, 0.2) is 0 Å². The first kappa shape index (κ1) is 18.8. The second-order valence-electron chi connectivity index (χ2n) is 6.15. The minimum atomic E-state index is -0.397. The van der Waals surface area contributed by atoms with Crippen LogP contribution in [0.25, 0.3) is 0 Å². The van der Waals surface area contributed by atoms with Crippen LogP contribution in [0.15, 0.2) is 24.3 Å². The van der Waals surface area contributed by atoms with Crippen LogP contribution in [0, 0.1) is 0 Å². The standard InChI is InChI=1S/C18H26N4O3/c1-14(23)19-12-17(24)20-13-18(25)21-15-8-4-5-9-16(15)22-10-6-2-3-7-11-22/h4-5,8-9H,2-3,6-7,10-13H2,1H3,(H,19,23)(H,20,24)(H,21,25). The van der Waals surface area contributed by atoms with E-state index in [0.717, 1.165) is 37.3 Å². The van der Waals surface area contributed by atoms with Gasteiger partial charge in [-0.25, -0.2) is 0 Å². The highest BCUT2D eigenvalue weighted by atomic mass is 16.2. The molecule has 0 radical (unpaired) electrons. The summed E-state index contributed by atoms with van der Waals surface area (Å²) in [5.41, 5.74) is 1.77. The van der Waals surface area contributed by atoms with Gasteiger partial charge in [0.1, 0.15) is 0 Å². The Hall–Kier alpha value is -2.57. The summed E-state index contributed by atoms with van der Waals surface area (Å²) in [5, 5.41) is 7.74. The van der Waals surface area contributed by atoms with Crippen molar-refractivity contribution in [2.24, 2.45) is 0 Å². The van der Waals surface area contributed by atoms with Crippen LogP contribution in [0.1, 0.15) is 32.6 Å². The lowest BCUT2D eigenvalue weighted by atomic mass is 10.2. The smallest absolute Gasteiger partial charge is 0.243 e. The van der Waals surface area contributed by atoms with E-state index >= 15 is 0 Å². The van der Waals surface area contributed by atoms with Crippen molar-refractivity contribution in [2.75, 3.05) is 36.4 Å². The van der Waals surface area contributed by atoms with Gasteiger partial charge in [-0.1, -0.05) is 25.0 Å². The van der Waals surface area contributed by atoms with Gasteiger partial charge < -0.3 is 20.9 Å². The number of nitrogens with zero attached hydrogens (tertiary/aromatic N) is 1. The molecule has 1 saturated heterocycles. The second kappa shape index (κ2) is 9.66. The maximum Gasteiger partial charge on any atom is 0.243 e. The molecule has 1 aliphatic rings. The van der Waals surface area contributed by atoms with Crippen LogP contribution < -0.4 is 20.9 Å². The van der Waals surface area contributed by atoms with Gasteiger partial charge in [-0.05, 0) is 25.0 Å². The predicted octanol–water partition coefficient (Wildman–Crippen LogP) is 1.26. The molecule has 1 fully saturated rings. The molecule has 136 valence electrons. The third-order valence-electron chi connectivity index (χ3n) is 4.07. The van der Waals surface area contributed by atoms with Crippen molar-refractivity contribution in [2.45, 2.75) is 32.6 Å². The molecule has 0 atom stereocenters. The Labute approximate surface area is 148 Å². The van der Waals surface area contributed by atoms with Gasteiger partial charge in [0.05, 0.1) is 24.5 Å². The highest BCUT2D eigenvalue weighted by Gasteiger charge is 2.15. The van der Waals surface area contributed by atoms with Crippen molar-refractivity contribution in [1.82, 2.24) is 10.6 Å². The molecule has 0 aliphatic carbocycles. The predicted molar refractivity (Wildman–Crippen MR) is 97.4 cm³/mol. The Kier molecular flexibility index (Phi) is 7.25. The molecule has 0 spiro atoms. The van der Waals surface area contributed by atoms with E-state index in [4.69, 9.17) is 0 Å². The zero-order chi connectivity index (χ0) is 18.1. The monoisotopic (exact) mass is 346 g/mol. The Balaban J connectivity index is 1.90. The first-order valence-corrected chi connectivity index (χ1v) is 8.71. The molecule has 1 aromatic carbocycles. The van der Waals surface area contributed by atoms with Gasteiger partial charge in [-0.15, -0.1) is 0 Å². The number of hydrogen-bond donors (Lipinski definition) is 3. The van der Waals surface area contributed by atoms with Crippen molar-refractivity contribution in [3.63, 3.8) is 0 Å². The first-order valence-electron chi connectivity index (χ1n) is 8.71. The number of amides is 3. The number of carbonyl (C=O) groups excluding carboxylic acids is 3. The molecular weight excluding hydrogens is 320 g/mol. The maximum absolute atomic E-state index is 12.1. The van der Waals surface area contributed by atoms with Gasteiger partial charge in [0.25, 0.3) is 0 Å². The van der Waals surface area contributed by atoms with E-state index in [1.165, 1.54) is 19.8 Å². The lowest BCUT2D eigenvalue weighted by molar-refractivity contribution is -0.126. The lowest BCUT2D eigenvalue weighted by Crippen LogP contribution is -2.39. The van der Waals surface area contributed by atoms with E-state index in [1.54, 1.807) is 0 Å². The molecule has 1 heterocycles. The number of anilines is 2. The molecule has 0 aromatic heterocycles. The first-order chi connectivity index (χ1) is 12.1. The maximum atomic E-state index is 12.1. The fourth-order valence-corrected chi connectivity index (χ4v) is 2.81. The molecule has 1 aliphatic heterocycles. The van der Waals surface area contributed by atoms with E-state index < -0.39 is 5.91 Å². The van der Waals surface area contributed by atoms with Crippen LogP contribution in [0.4, 0.5) is 11.4 Å². The quantitative estimate of drug-likeness (QED) is 0.723. The molecule has 0 saturated carbocycles. The molecule has 25 heavy (non-hydrogen) atoms. The van der Waals surface area contributed by atoms with Gasteiger partial charge in [-0.2, -0.15) is 0 Å². The van der Waals surface area contributed by atoms with Crippen LogP contribution in [0.2, 0.25) is 0 Å². The lowest BCUT2D eigenvalue weighted by Gasteiger charge is -2.25. The molecule has 3 amide bonds. The average molecular weight is 346 g/mol. The number of benzene rings is 1. The zero-order valence-electron chi connectivity index (χ0n) is 14.6. The molecule has 0 unspecified atom stereocenters. The van der Waals surface area contributed by atoms with Crippen LogP contribution in [-0.2, 0) is 14.4 Å². The Morgan fingerprint density at radius 2 is 1.56 bits per heavy atom. The Bertz CT molecular complexity index is 610. The number of rotatable bonds is 6. The third-order valence-corrected chi connectivity index (χ3v) is 4.07. The average Bonchev–Trinajstić information content (AvgIpc) is 2.88. The molecule has 1 aromatic rings. The van der Waals surface area contributed by atoms with Crippen LogP contribution in [0.3, 0.4) is 0 Å². The van der Waals surface area contributed by atoms with Gasteiger partial charge in [0, 0.05) is 20.0 Å². The molecule has 0 bridgehead atoms. The number of carbonyl (C=O) groups is 3. The fourth-order valence-electron chi connectivity index (χ4n) is 2.81. The minimum absolute atomic E-state index is 0.132. The topological polar surface area (TPSA) is 90.5 Å². The highest BCUT2D eigenvalue weighted by Crippen LogP contribution is 2.27. The van der Waals surface area contributed by atoms with Crippen molar-refractivity contribution in [3.8, 4) is 0 Å². The van der Waals surface area contributed by atoms with Gasteiger partial charge >= 0.3 is 0 Å². The van der Waals surface area contributed by atoms with E-state index in [-0.39, 0.29) is 24.9 Å². The molecule has 7 heteroatoms. The van der Waals surface area contributed by atoms with Gasteiger partial charge in [0.2, 0.25) is 17.7 Å². The summed E-state index contributed by atoms with van der Waals surface area (Å²) >= 11 is 0. The molecule has 3 N–H and O–H groups in total. The summed E-state index contributed by atoms with van der Waals surface area (Å²) in [6.45, 7) is 3.04. The van der Waals surface area contributed by atoms with Crippen molar-refractivity contribution in [3.05, 3.63) is 24.3 Å². The minimum Gasteiger partial charge on any atom is -0.370 e. The van der Waals surface area contributed by atoms with Gasteiger partial charge in [-0.3, -0.25) is 14.4 Å². The summed E-state index contributed by atoms with van der Waals surface area (Å²) < 4.78 is 0. The van der Waals surface area contributed by atoms with Crippen molar-refractivity contribution < 1.29 is 14.4 Å². The normalized spacial score (nSPS) is 14.4. The largest absolute Gasteiger partial charge is 0.370 e. The van der Waals surface area contributed by atoms with E-state index in [0.29, 0.717) is 0 Å².